The molecule has 0 aliphatic carbocycles. The average Bonchev–Trinajstić information content (AvgIpc) is 3.11. The molecule has 2 aromatic heterocycles. The fraction of sp³-hybridized carbons (Fsp3) is 0.500. The van der Waals surface area contributed by atoms with E-state index in [0.29, 0.717) is 25.2 Å². The number of rotatable bonds is 1. The summed E-state index contributed by atoms with van der Waals surface area (Å²) in [4.78, 5) is 33.9. The molecular weight excluding hydrogens is 312 g/mol. The van der Waals surface area contributed by atoms with Gasteiger partial charge in [-0.1, -0.05) is 0 Å². The lowest BCUT2D eigenvalue weighted by Crippen LogP contribution is -2.36. The maximum Gasteiger partial charge on any atom is 0.420 e. The van der Waals surface area contributed by atoms with E-state index in [1.165, 1.54) is 10.9 Å². The number of nitrogens with zero attached hydrogens (tertiary/aromatic N) is 4. The maximum atomic E-state index is 12.3. The van der Waals surface area contributed by atoms with Crippen molar-refractivity contribution in [3.8, 4) is 0 Å². The van der Waals surface area contributed by atoms with Crippen LogP contribution in [0.4, 0.5) is 9.59 Å². The van der Waals surface area contributed by atoms with E-state index >= 15 is 0 Å². The van der Waals surface area contributed by atoms with Crippen LogP contribution in [0.15, 0.2) is 24.8 Å². The Hall–Kier alpha value is -2.64. The summed E-state index contributed by atoms with van der Waals surface area (Å²) < 4.78 is 12.2. The monoisotopic (exact) mass is 332 g/mol. The minimum absolute atomic E-state index is 0.328. The van der Waals surface area contributed by atoms with Crippen molar-refractivity contribution in [3.63, 3.8) is 0 Å². The first-order valence-corrected chi connectivity index (χ1v) is 7.79. The van der Waals surface area contributed by atoms with Gasteiger partial charge in [0.05, 0.1) is 6.54 Å². The highest BCUT2D eigenvalue weighted by Gasteiger charge is 2.32. The van der Waals surface area contributed by atoms with Gasteiger partial charge in [0.1, 0.15) is 18.0 Å². The fourth-order valence-electron chi connectivity index (χ4n) is 2.54. The van der Waals surface area contributed by atoms with Crippen molar-refractivity contribution < 1.29 is 19.1 Å². The molecule has 0 N–H and O–H groups in total. The number of hydrogen-bond donors (Lipinski definition) is 0. The number of fused-ring (bicyclic) bond motifs is 1. The standard InChI is InChI=1S/C16H20N4O4/c1-16(2,3)24-14(21)19-6-5-12(9-19)23-15(22)20-7-4-11-8-17-10-18-13(11)20/h4,7-8,10,12H,5-6,9H2,1-3H3. The Morgan fingerprint density at radius 3 is 2.83 bits per heavy atom. The molecule has 2 aromatic rings. The molecule has 1 aliphatic rings. The van der Waals surface area contributed by atoms with E-state index < -0.39 is 11.7 Å². The minimum Gasteiger partial charge on any atom is -0.444 e. The molecule has 128 valence electrons. The van der Waals surface area contributed by atoms with E-state index in [1.807, 2.05) is 20.8 Å². The molecule has 1 atom stereocenters. The second-order valence-electron chi connectivity index (χ2n) is 6.71. The lowest BCUT2D eigenvalue weighted by atomic mass is 10.2. The van der Waals surface area contributed by atoms with Crippen molar-refractivity contribution in [2.24, 2.45) is 0 Å². The third-order valence-corrected chi connectivity index (χ3v) is 3.61. The first-order chi connectivity index (χ1) is 11.3. The Morgan fingerprint density at radius 1 is 1.29 bits per heavy atom. The van der Waals surface area contributed by atoms with Crippen LogP contribution in [-0.2, 0) is 9.47 Å². The van der Waals surface area contributed by atoms with E-state index in [2.05, 4.69) is 9.97 Å². The van der Waals surface area contributed by atoms with Gasteiger partial charge in [-0.25, -0.2) is 24.1 Å². The van der Waals surface area contributed by atoms with Gasteiger partial charge in [0, 0.05) is 30.7 Å². The first-order valence-electron chi connectivity index (χ1n) is 7.79. The highest BCUT2D eigenvalue weighted by Crippen LogP contribution is 2.19. The van der Waals surface area contributed by atoms with Crippen molar-refractivity contribution in [1.29, 1.82) is 0 Å². The summed E-state index contributed by atoms with van der Waals surface area (Å²) in [7, 11) is 0. The maximum absolute atomic E-state index is 12.3. The third-order valence-electron chi connectivity index (χ3n) is 3.61. The molecule has 8 heteroatoms. The number of carbonyl (C=O) groups excluding carboxylic acids is 2. The molecular formula is C16H20N4O4. The average molecular weight is 332 g/mol. The Bertz CT molecular complexity index is 765. The molecule has 1 fully saturated rings. The molecule has 24 heavy (non-hydrogen) atoms. The molecule has 0 saturated carbocycles. The predicted octanol–water partition coefficient (Wildman–Crippen LogP) is 2.43. The topological polar surface area (TPSA) is 86.5 Å². The second kappa shape index (κ2) is 6.10. The van der Waals surface area contributed by atoms with Crippen molar-refractivity contribution in [2.45, 2.75) is 38.9 Å². The zero-order valence-corrected chi connectivity index (χ0v) is 13.9. The summed E-state index contributed by atoms with van der Waals surface area (Å²) in [5.41, 5.74) is -0.0488. The Kier molecular flexibility index (Phi) is 4.13. The number of hydrogen-bond acceptors (Lipinski definition) is 6. The van der Waals surface area contributed by atoms with Crippen LogP contribution in [-0.4, -0.2) is 56.4 Å². The quantitative estimate of drug-likeness (QED) is 0.797. The number of likely N-dealkylation sites (tertiary alicyclic amines) is 1. The van der Waals surface area contributed by atoms with Crippen LogP contribution in [0.5, 0.6) is 0 Å². The molecule has 1 unspecified atom stereocenters. The van der Waals surface area contributed by atoms with Crippen molar-refractivity contribution >= 4 is 23.2 Å². The van der Waals surface area contributed by atoms with E-state index in [-0.39, 0.29) is 12.2 Å². The summed E-state index contributed by atoms with van der Waals surface area (Å²) in [6, 6.07) is 1.75. The van der Waals surface area contributed by atoms with Crippen LogP contribution in [0.1, 0.15) is 27.2 Å². The van der Waals surface area contributed by atoms with E-state index in [9.17, 15) is 9.59 Å². The third kappa shape index (κ3) is 3.47. The minimum atomic E-state index is -0.546. The van der Waals surface area contributed by atoms with Crippen LogP contribution in [0.2, 0.25) is 0 Å². The van der Waals surface area contributed by atoms with Crippen LogP contribution >= 0.6 is 0 Å². The van der Waals surface area contributed by atoms with Crippen molar-refractivity contribution in [1.82, 2.24) is 19.4 Å². The predicted molar refractivity (Wildman–Crippen MR) is 85.6 cm³/mol. The van der Waals surface area contributed by atoms with Crippen LogP contribution < -0.4 is 0 Å². The smallest absolute Gasteiger partial charge is 0.420 e. The van der Waals surface area contributed by atoms with E-state index in [0.717, 1.165) is 5.39 Å². The Balaban J connectivity index is 1.61. The molecule has 1 amide bonds. The summed E-state index contributed by atoms with van der Waals surface area (Å²) in [5, 5.41) is 0.760. The van der Waals surface area contributed by atoms with Crippen LogP contribution in [0, 0.1) is 0 Å². The molecule has 8 nitrogen and oxygen atoms in total. The number of amides is 1. The number of carbonyl (C=O) groups is 2. The van der Waals surface area contributed by atoms with Crippen LogP contribution in [0.3, 0.4) is 0 Å². The summed E-state index contributed by atoms with van der Waals surface area (Å²) in [6.45, 7) is 6.28. The van der Waals surface area contributed by atoms with Gasteiger partial charge in [-0.15, -0.1) is 0 Å². The molecule has 0 bridgehead atoms. The van der Waals surface area contributed by atoms with Crippen molar-refractivity contribution in [2.75, 3.05) is 13.1 Å². The molecule has 1 saturated heterocycles. The number of aromatic nitrogens is 3. The largest absolute Gasteiger partial charge is 0.444 e. The zero-order valence-electron chi connectivity index (χ0n) is 13.9. The van der Waals surface area contributed by atoms with Gasteiger partial charge in [0.15, 0.2) is 5.65 Å². The summed E-state index contributed by atoms with van der Waals surface area (Å²) in [5.74, 6) is 0. The van der Waals surface area contributed by atoms with E-state index in [4.69, 9.17) is 9.47 Å². The molecule has 0 spiro atoms. The molecule has 0 aromatic carbocycles. The Labute approximate surface area is 139 Å². The lowest BCUT2D eigenvalue weighted by Gasteiger charge is -2.24. The normalized spacial score (nSPS) is 18.0. The number of ether oxygens (including phenoxy) is 2. The summed E-state index contributed by atoms with van der Waals surface area (Å²) >= 11 is 0. The highest BCUT2D eigenvalue weighted by atomic mass is 16.6. The first kappa shape index (κ1) is 16.2. The Morgan fingerprint density at radius 2 is 2.08 bits per heavy atom. The lowest BCUT2D eigenvalue weighted by molar-refractivity contribution is 0.0259. The highest BCUT2D eigenvalue weighted by molar-refractivity contribution is 5.86. The van der Waals surface area contributed by atoms with Gasteiger partial charge < -0.3 is 14.4 Å². The molecule has 1 aliphatic heterocycles. The summed E-state index contributed by atoms with van der Waals surface area (Å²) in [6.07, 6.45) is 3.93. The fourth-order valence-corrected chi connectivity index (χ4v) is 2.54. The van der Waals surface area contributed by atoms with Gasteiger partial charge >= 0.3 is 12.2 Å². The van der Waals surface area contributed by atoms with Gasteiger partial charge in [-0.3, -0.25) is 0 Å². The second-order valence-corrected chi connectivity index (χ2v) is 6.71. The molecule has 3 rings (SSSR count). The van der Waals surface area contributed by atoms with Crippen LogP contribution in [0.25, 0.3) is 11.0 Å². The van der Waals surface area contributed by atoms with E-state index in [1.54, 1.807) is 23.4 Å². The SMILES string of the molecule is CC(C)(C)OC(=O)N1CCC(OC(=O)n2ccc3cncnc32)C1. The van der Waals surface area contributed by atoms with Gasteiger partial charge in [-0.2, -0.15) is 0 Å². The van der Waals surface area contributed by atoms with Crippen molar-refractivity contribution in [3.05, 3.63) is 24.8 Å². The molecule has 0 radical (unpaired) electrons. The van der Waals surface area contributed by atoms with Gasteiger partial charge in [0.25, 0.3) is 0 Å². The van der Waals surface area contributed by atoms with Gasteiger partial charge in [-0.05, 0) is 26.8 Å². The molecule has 3 heterocycles. The zero-order chi connectivity index (χ0) is 17.3. The van der Waals surface area contributed by atoms with Gasteiger partial charge in [0.2, 0.25) is 0 Å².